The summed E-state index contributed by atoms with van der Waals surface area (Å²) in [5.41, 5.74) is 8.09. The average molecular weight is 354 g/mol. The van der Waals surface area contributed by atoms with Crippen LogP contribution < -0.4 is 15.2 Å². The largest absolute Gasteiger partial charge is 0.496 e. The van der Waals surface area contributed by atoms with E-state index in [1.165, 1.54) is 12.1 Å². The fourth-order valence-corrected chi connectivity index (χ4v) is 2.64. The number of methoxy groups -OCH3 is 2. The van der Waals surface area contributed by atoms with Crippen LogP contribution in [0.3, 0.4) is 0 Å². The van der Waals surface area contributed by atoms with Gasteiger partial charge in [0.05, 0.1) is 18.7 Å². The maximum Gasteiger partial charge on any atom is 0.133 e. The number of halogens is 2. The standard InChI is InChI=1S/C16H17BrFNO2/c1-20-15-9-13(17)16(21-2)8-12(15)14(19)7-10-3-5-11(18)6-4-10/h3-6,8-9,14H,7,19H2,1-2H3. The fourth-order valence-electron chi connectivity index (χ4n) is 2.16. The average Bonchev–Trinajstić information content (AvgIpc) is 2.49. The molecule has 0 amide bonds. The zero-order valence-electron chi connectivity index (χ0n) is 11.9. The first kappa shape index (κ1) is 15.8. The number of hydrogen-bond acceptors (Lipinski definition) is 3. The molecule has 3 nitrogen and oxygen atoms in total. The molecule has 2 rings (SSSR count). The molecule has 2 aromatic rings. The lowest BCUT2D eigenvalue weighted by atomic mass is 9.98. The molecule has 0 radical (unpaired) electrons. The van der Waals surface area contributed by atoms with Gasteiger partial charge in [0.15, 0.2) is 0 Å². The second kappa shape index (κ2) is 6.91. The van der Waals surface area contributed by atoms with Crippen LogP contribution >= 0.6 is 15.9 Å². The quantitative estimate of drug-likeness (QED) is 0.887. The van der Waals surface area contributed by atoms with E-state index < -0.39 is 0 Å². The van der Waals surface area contributed by atoms with Gasteiger partial charge in [-0.05, 0) is 52.2 Å². The highest BCUT2D eigenvalue weighted by Gasteiger charge is 2.16. The first-order chi connectivity index (χ1) is 10.0. The summed E-state index contributed by atoms with van der Waals surface area (Å²) < 4.78 is 24.4. The Labute approximate surface area is 132 Å². The summed E-state index contributed by atoms with van der Waals surface area (Å²) >= 11 is 3.42. The summed E-state index contributed by atoms with van der Waals surface area (Å²) in [7, 11) is 3.20. The number of ether oxygens (including phenoxy) is 2. The SMILES string of the molecule is COc1cc(C(N)Cc2ccc(F)cc2)c(OC)cc1Br. The van der Waals surface area contributed by atoms with Crippen molar-refractivity contribution < 1.29 is 13.9 Å². The van der Waals surface area contributed by atoms with E-state index in [1.807, 2.05) is 12.1 Å². The van der Waals surface area contributed by atoms with E-state index in [1.54, 1.807) is 26.4 Å². The minimum atomic E-state index is -0.271. The van der Waals surface area contributed by atoms with Gasteiger partial charge in [-0.1, -0.05) is 12.1 Å². The van der Waals surface area contributed by atoms with Gasteiger partial charge in [-0.2, -0.15) is 0 Å². The molecule has 0 spiro atoms. The molecule has 0 aliphatic heterocycles. The van der Waals surface area contributed by atoms with E-state index >= 15 is 0 Å². The second-order valence-electron chi connectivity index (χ2n) is 4.67. The summed E-state index contributed by atoms with van der Waals surface area (Å²) in [6, 6.07) is 9.75. The van der Waals surface area contributed by atoms with Gasteiger partial charge in [0.2, 0.25) is 0 Å². The highest BCUT2D eigenvalue weighted by atomic mass is 79.9. The molecule has 1 unspecified atom stereocenters. The van der Waals surface area contributed by atoms with Crippen molar-refractivity contribution in [3.8, 4) is 11.5 Å². The Kier molecular flexibility index (Phi) is 5.20. The number of benzene rings is 2. The van der Waals surface area contributed by atoms with Crippen LogP contribution in [-0.4, -0.2) is 14.2 Å². The Morgan fingerprint density at radius 2 is 1.71 bits per heavy atom. The minimum Gasteiger partial charge on any atom is -0.496 e. The van der Waals surface area contributed by atoms with Crippen LogP contribution in [0.5, 0.6) is 11.5 Å². The topological polar surface area (TPSA) is 44.5 Å². The van der Waals surface area contributed by atoms with Crippen molar-refractivity contribution in [1.82, 2.24) is 0 Å². The molecule has 21 heavy (non-hydrogen) atoms. The predicted octanol–water partition coefficient (Wildman–Crippen LogP) is 3.85. The molecule has 0 bridgehead atoms. The molecule has 2 aromatic carbocycles. The normalized spacial score (nSPS) is 12.0. The maximum atomic E-state index is 12.9. The Bertz CT molecular complexity index is 616. The van der Waals surface area contributed by atoms with Gasteiger partial charge < -0.3 is 15.2 Å². The summed E-state index contributed by atoms with van der Waals surface area (Å²) in [6.45, 7) is 0. The van der Waals surface area contributed by atoms with Gasteiger partial charge in [-0.15, -0.1) is 0 Å². The summed E-state index contributed by atoms with van der Waals surface area (Å²) in [6.07, 6.45) is 0.585. The van der Waals surface area contributed by atoms with Crippen LogP contribution in [-0.2, 0) is 6.42 Å². The van der Waals surface area contributed by atoms with E-state index in [0.29, 0.717) is 17.9 Å². The molecule has 1 atom stereocenters. The van der Waals surface area contributed by atoms with Crippen LogP contribution in [0.4, 0.5) is 4.39 Å². The van der Waals surface area contributed by atoms with Gasteiger partial charge in [0.25, 0.3) is 0 Å². The van der Waals surface area contributed by atoms with Crippen molar-refractivity contribution in [3.63, 3.8) is 0 Å². The van der Waals surface area contributed by atoms with Crippen LogP contribution in [0.1, 0.15) is 17.2 Å². The molecular weight excluding hydrogens is 337 g/mol. The molecule has 0 saturated heterocycles. The van der Waals surface area contributed by atoms with E-state index in [0.717, 1.165) is 15.6 Å². The van der Waals surface area contributed by atoms with Gasteiger partial charge in [-0.3, -0.25) is 0 Å². The molecule has 0 fully saturated rings. The first-order valence-electron chi connectivity index (χ1n) is 6.46. The Morgan fingerprint density at radius 1 is 1.10 bits per heavy atom. The third kappa shape index (κ3) is 3.74. The van der Waals surface area contributed by atoms with Crippen LogP contribution in [0.2, 0.25) is 0 Å². The molecule has 0 aliphatic rings. The van der Waals surface area contributed by atoms with Crippen molar-refractivity contribution in [1.29, 1.82) is 0 Å². The molecule has 0 aliphatic carbocycles. The summed E-state index contributed by atoms with van der Waals surface area (Å²) in [5.74, 6) is 1.13. The lowest BCUT2D eigenvalue weighted by Gasteiger charge is -2.18. The summed E-state index contributed by atoms with van der Waals surface area (Å²) in [5, 5.41) is 0. The lowest BCUT2D eigenvalue weighted by molar-refractivity contribution is 0.393. The van der Waals surface area contributed by atoms with Gasteiger partial charge >= 0.3 is 0 Å². The number of nitrogens with two attached hydrogens (primary N) is 1. The second-order valence-corrected chi connectivity index (χ2v) is 5.52. The van der Waals surface area contributed by atoms with Crippen LogP contribution in [0.25, 0.3) is 0 Å². The molecular formula is C16H17BrFNO2. The van der Waals surface area contributed by atoms with Crippen molar-refractivity contribution >= 4 is 15.9 Å². The highest BCUT2D eigenvalue weighted by Crippen LogP contribution is 2.36. The fraction of sp³-hybridized carbons (Fsp3) is 0.250. The minimum absolute atomic E-state index is 0.254. The predicted molar refractivity (Wildman–Crippen MR) is 84.3 cm³/mol. The highest BCUT2D eigenvalue weighted by molar-refractivity contribution is 9.10. The zero-order valence-corrected chi connectivity index (χ0v) is 13.5. The third-order valence-corrected chi connectivity index (χ3v) is 3.89. The van der Waals surface area contributed by atoms with Crippen LogP contribution in [0, 0.1) is 5.82 Å². The molecule has 0 aromatic heterocycles. The number of rotatable bonds is 5. The van der Waals surface area contributed by atoms with Crippen molar-refractivity contribution in [2.45, 2.75) is 12.5 Å². The van der Waals surface area contributed by atoms with Gasteiger partial charge in [0, 0.05) is 11.6 Å². The Hall–Kier alpha value is -1.59. The van der Waals surface area contributed by atoms with Crippen molar-refractivity contribution in [3.05, 3.63) is 57.8 Å². The van der Waals surface area contributed by atoms with E-state index in [4.69, 9.17) is 15.2 Å². The smallest absolute Gasteiger partial charge is 0.133 e. The van der Waals surface area contributed by atoms with E-state index in [-0.39, 0.29) is 11.9 Å². The molecule has 0 saturated carbocycles. The van der Waals surface area contributed by atoms with Gasteiger partial charge in [0.1, 0.15) is 17.3 Å². The number of hydrogen-bond donors (Lipinski definition) is 1. The Morgan fingerprint density at radius 3 is 2.29 bits per heavy atom. The third-order valence-electron chi connectivity index (χ3n) is 3.27. The molecule has 2 N–H and O–H groups in total. The van der Waals surface area contributed by atoms with Crippen molar-refractivity contribution in [2.24, 2.45) is 5.73 Å². The monoisotopic (exact) mass is 353 g/mol. The van der Waals surface area contributed by atoms with Crippen LogP contribution in [0.15, 0.2) is 40.9 Å². The first-order valence-corrected chi connectivity index (χ1v) is 7.26. The maximum absolute atomic E-state index is 12.9. The van der Waals surface area contributed by atoms with E-state index in [9.17, 15) is 4.39 Å². The molecule has 5 heteroatoms. The Balaban J connectivity index is 2.29. The zero-order chi connectivity index (χ0) is 15.4. The summed E-state index contributed by atoms with van der Waals surface area (Å²) in [4.78, 5) is 0. The lowest BCUT2D eigenvalue weighted by Crippen LogP contribution is -2.14. The molecule has 0 heterocycles. The van der Waals surface area contributed by atoms with E-state index in [2.05, 4.69) is 15.9 Å². The van der Waals surface area contributed by atoms with Crippen molar-refractivity contribution in [2.75, 3.05) is 14.2 Å². The van der Waals surface area contributed by atoms with Gasteiger partial charge in [-0.25, -0.2) is 4.39 Å². The molecule has 112 valence electrons.